The van der Waals surface area contributed by atoms with E-state index < -0.39 is 0 Å². The maximum absolute atomic E-state index is 5.71. The minimum absolute atomic E-state index is 0.848. The molecule has 0 amide bonds. The van der Waals surface area contributed by atoms with Crippen LogP contribution in [0.2, 0.25) is 0 Å². The second kappa shape index (κ2) is 6.80. The van der Waals surface area contributed by atoms with E-state index in [9.17, 15) is 0 Å². The van der Waals surface area contributed by atoms with E-state index in [1.807, 2.05) is 26.0 Å². The summed E-state index contributed by atoms with van der Waals surface area (Å²) in [6.45, 7) is 10.0. The summed E-state index contributed by atoms with van der Waals surface area (Å²) in [4.78, 5) is 5.08. The Hall–Kier alpha value is -1.22. The van der Waals surface area contributed by atoms with Crippen LogP contribution in [0.4, 0.5) is 11.4 Å². The van der Waals surface area contributed by atoms with Crippen LogP contribution in [0.3, 0.4) is 0 Å². The van der Waals surface area contributed by atoms with Crippen molar-refractivity contribution in [3.8, 4) is 0 Å². The molecular formula is C16H27N3. The predicted molar refractivity (Wildman–Crippen MR) is 83.6 cm³/mol. The lowest BCUT2D eigenvalue weighted by molar-refractivity contribution is 0.248. The fourth-order valence-electron chi connectivity index (χ4n) is 2.54. The molecule has 0 atom stereocenters. The average Bonchev–Trinajstić information content (AvgIpc) is 3.27. The number of piperazine rings is 1. The van der Waals surface area contributed by atoms with Gasteiger partial charge in [-0.15, -0.1) is 0 Å². The Labute approximate surface area is 117 Å². The third-order valence-corrected chi connectivity index (χ3v) is 3.84. The Morgan fingerprint density at radius 2 is 1.58 bits per heavy atom. The molecule has 2 fully saturated rings. The van der Waals surface area contributed by atoms with Crippen molar-refractivity contribution in [2.24, 2.45) is 5.92 Å². The molecule has 0 aromatic heterocycles. The zero-order valence-electron chi connectivity index (χ0n) is 12.3. The van der Waals surface area contributed by atoms with Crippen LogP contribution in [0.15, 0.2) is 24.3 Å². The molecule has 19 heavy (non-hydrogen) atoms. The molecule has 0 bridgehead atoms. The van der Waals surface area contributed by atoms with E-state index in [4.69, 9.17) is 5.73 Å². The summed E-state index contributed by atoms with van der Waals surface area (Å²) in [7, 11) is 0. The number of nitrogens with zero attached hydrogens (tertiary/aromatic N) is 2. The molecule has 1 aromatic carbocycles. The number of hydrogen-bond donors (Lipinski definition) is 1. The summed E-state index contributed by atoms with van der Waals surface area (Å²) >= 11 is 0. The van der Waals surface area contributed by atoms with Gasteiger partial charge in [-0.1, -0.05) is 13.8 Å². The van der Waals surface area contributed by atoms with Gasteiger partial charge in [-0.25, -0.2) is 0 Å². The fourth-order valence-corrected chi connectivity index (χ4v) is 2.54. The molecule has 0 radical (unpaired) electrons. The summed E-state index contributed by atoms with van der Waals surface area (Å²) in [6, 6.07) is 8.25. The summed E-state index contributed by atoms with van der Waals surface area (Å²) < 4.78 is 0. The molecule has 1 saturated carbocycles. The smallest absolute Gasteiger partial charge is 0.0368 e. The van der Waals surface area contributed by atoms with E-state index >= 15 is 0 Å². The lowest BCUT2D eigenvalue weighted by Gasteiger charge is -2.36. The molecule has 0 unspecified atom stereocenters. The van der Waals surface area contributed by atoms with Gasteiger partial charge in [0.15, 0.2) is 0 Å². The lowest BCUT2D eigenvalue weighted by Crippen LogP contribution is -2.47. The van der Waals surface area contributed by atoms with Gasteiger partial charge in [0, 0.05) is 44.1 Å². The molecule has 106 valence electrons. The van der Waals surface area contributed by atoms with Crippen LogP contribution in [0.5, 0.6) is 0 Å². The van der Waals surface area contributed by atoms with Crippen LogP contribution in [0.25, 0.3) is 0 Å². The number of rotatable bonds is 3. The quantitative estimate of drug-likeness (QED) is 0.849. The molecule has 3 heteroatoms. The van der Waals surface area contributed by atoms with Gasteiger partial charge in [0.1, 0.15) is 0 Å². The van der Waals surface area contributed by atoms with Crippen molar-refractivity contribution in [2.75, 3.05) is 43.4 Å². The Morgan fingerprint density at radius 1 is 1.00 bits per heavy atom. The second-order valence-electron chi connectivity index (χ2n) is 5.32. The molecule has 1 aliphatic heterocycles. The first-order valence-corrected chi connectivity index (χ1v) is 7.64. The van der Waals surface area contributed by atoms with Gasteiger partial charge < -0.3 is 10.6 Å². The maximum atomic E-state index is 5.71. The molecule has 0 spiro atoms. The van der Waals surface area contributed by atoms with E-state index in [2.05, 4.69) is 21.9 Å². The summed E-state index contributed by atoms with van der Waals surface area (Å²) in [6.07, 6.45) is 2.91. The van der Waals surface area contributed by atoms with Crippen molar-refractivity contribution in [3.05, 3.63) is 24.3 Å². The zero-order valence-corrected chi connectivity index (χ0v) is 12.3. The van der Waals surface area contributed by atoms with Crippen molar-refractivity contribution < 1.29 is 0 Å². The van der Waals surface area contributed by atoms with Gasteiger partial charge in [-0.2, -0.15) is 0 Å². The second-order valence-corrected chi connectivity index (χ2v) is 5.32. The van der Waals surface area contributed by atoms with Gasteiger partial charge in [-0.3, -0.25) is 4.90 Å². The van der Waals surface area contributed by atoms with Crippen LogP contribution in [-0.2, 0) is 0 Å². The van der Waals surface area contributed by atoms with Crippen molar-refractivity contribution in [2.45, 2.75) is 26.7 Å². The highest BCUT2D eigenvalue weighted by atomic mass is 15.3. The lowest BCUT2D eigenvalue weighted by atomic mass is 10.2. The molecule has 2 aliphatic rings. The fraction of sp³-hybridized carbons (Fsp3) is 0.625. The molecular weight excluding hydrogens is 234 g/mol. The largest absolute Gasteiger partial charge is 0.399 e. The van der Waals surface area contributed by atoms with E-state index in [1.165, 1.54) is 38.2 Å². The number of nitrogen functional groups attached to an aromatic ring is 1. The molecule has 1 saturated heterocycles. The van der Waals surface area contributed by atoms with Crippen molar-refractivity contribution >= 4 is 11.4 Å². The highest BCUT2D eigenvalue weighted by Gasteiger charge is 2.26. The molecule has 3 nitrogen and oxygen atoms in total. The Bertz CT molecular complexity index is 362. The minimum Gasteiger partial charge on any atom is -0.399 e. The summed E-state index contributed by atoms with van der Waals surface area (Å²) in [5, 5.41) is 0. The number of benzene rings is 1. The number of nitrogens with two attached hydrogens (primary N) is 1. The van der Waals surface area contributed by atoms with Crippen LogP contribution in [0, 0.1) is 5.92 Å². The third kappa shape index (κ3) is 4.13. The topological polar surface area (TPSA) is 32.5 Å². The Kier molecular flexibility index (Phi) is 5.08. The molecule has 3 rings (SSSR count). The molecule has 1 aliphatic carbocycles. The van der Waals surface area contributed by atoms with Gasteiger partial charge in [0.25, 0.3) is 0 Å². The van der Waals surface area contributed by atoms with Gasteiger partial charge >= 0.3 is 0 Å². The standard InChI is InChI=1S/C14H21N3.C2H6/c15-13-3-5-14(6-4-13)17-9-7-16(8-10-17)11-12-1-2-12;1-2/h3-6,12H,1-2,7-11,15H2;1-2H3. The number of hydrogen-bond acceptors (Lipinski definition) is 3. The zero-order chi connectivity index (χ0) is 13.7. The van der Waals surface area contributed by atoms with Crippen LogP contribution in [-0.4, -0.2) is 37.6 Å². The first-order chi connectivity index (χ1) is 9.31. The Balaban J connectivity index is 0.000000637. The number of anilines is 2. The van der Waals surface area contributed by atoms with Gasteiger partial charge in [0.2, 0.25) is 0 Å². The Morgan fingerprint density at radius 3 is 2.11 bits per heavy atom. The maximum Gasteiger partial charge on any atom is 0.0368 e. The van der Waals surface area contributed by atoms with Crippen LogP contribution < -0.4 is 10.6 Å². The normalized spacial score (nSPS) is 19.8. The van der Waals surface area contributed by atoms with E-state index in [0.717, 1.165) is 24.7 Å². The average molecular weight is 261 g/mol. The summed E-state index contributed by atoms with van der Waals surface area (Å²) in [5.41, 5.74) is 7.87. The van der Waals surface area contributed by atoms with Crippen LogP contribution >= 0.6 is 0 Å². The third-order valence-electron chi connectivity index (χ3n) is 3.84. The van der Waals surface area contributed by atoms with Crippen LogP contribution in [0.1, 0.15) is 26.7 Å². The van der Waals surface area contributed by atoms with Gasteiger partial charge in [0.05, 0.1) is 0 Å². The first-order valence-electron chi connectivity index (χ1n) is 7.64. The molecule has 1 aromatic rings. The van der Waals surface area contributed by atoms with E-state index in [1.54, 1.807) is 0 Å². The highest BCUT2D eigenvalue weighted by molar-refractivity contribution is 5.53. The van der Waals surface area contributed by atoms with E-state index in [0.29, 0.717) is 0 Å². The van der Waals surface area contributed by atoms with Crippen molar-refractivity contribution in [1.82, 2.24) is 4.90 Å². The predicted octanol–water partition coefficient (Wildman–Crippen LogP) is 2.83. The van der Waals surface area contributed by atoms with Crippen molar-refractivity contribution in [1.29, 1.82) is 0 Å². The van der Waals surface area contributed by atoms with E-state index in [-0.39, 0.29) is 0 Å². The molecule has 2 N–H and O–H groups in total. The van der Waals surface area contributed by atoms with Crippen molar-refractivity contribution in [3.63, 3.8) is 0 Å². The molecule has 1 heterocycles. The monoisotopic (exact) mass is 261 g/mol. The highest BCUT2D eigenvalue weighted by Crippen LogP contribution is 2.30. The first kappa shape index (κ1) is 14.2. The SMILES string of the molecule is CC.Nc1ccc(N2CCN(CC3CC3)CC2)cc1. The van der Waals surface area contributed by atoms with Gasteiger partial charge in [-0.05, 0) is 43.0 Å². The summed E-state index contributed by atoms with van der Waals surface area (Å²) in [5.74, 6) is 1.01. The minimum atomic E-state index is 0.848.